The van der Waals surface area contributed by atoms with Crippen LogP contribution in [0.1, 0.15) is 29.8 Å². The first-order valence-corrected chi connectivity index (χ1v) is 11.0. The van der Waals surface area contributed by atoms with E-state index in [9.17, 15) is 28.0 Å². The van der Waals surface area contributed by atoms with Gasteiger partial charge in [-0.3, -0.25) is 14.4 Å². The van der Waals surface area contributed by atoms with E-state index in [0.29, 0.717) is 18.2 Å². The summed E-state index contributed by atoms with van der Waals surface area (Å²) < 4.78 is 33.2. The van der Waals surface area contributed by atoms with Crippen molar-refractivity contribution in [2.75, 3.05) is 25.5 Å². The third kappa shape index (κ3) is 6.34. The van der Waals surface area contributed by atoms with Gasteiger partial charge in [-0.25, -0.2) is 13.6 Å². The Bertz CT molecular complexity index is 1110. The number of aromatic nitrogens is 1. The van der Waals surface area contributed by atoms with Crippen LogP contribution in [0.4, 0.5) is 19.3 Å². The zero-order chi connectivity index (χ0) is 25.5. The smallest absolute Gasteiger partial charge is 0.319 e. The van der Waals surface area contributed by atoms with E-state index in [2.05, 4.69) is 20.7 Å². The second-order valence-corrected chi connectivity index (χ2v) is 8.04. The third-order valence-corrected chi connectivity index (χ3v) is 5.67. The second kappa shape index (κ2) is 11.4. The van der Waals surface area contributed by atoms with E-state index in [0.717, 1.165) is 12.1 Å². The number of carbonyl (C=O) groups is 4. The molecule has 10 nitrogen and oxygen atoms in total. The number of esters is 1. The van der Waals surface area contributed by atoms with Gasteiger partial charge in [-0.1, -0.05) is 0 Å². The molecule has 188 valence electrons. The van der Waals surface area contributed by atoms with Crippen molar-refractivity contribution >= 4 is 29.5 Å². The lowest BCUT2D eigenvalue weighted by atomic mass is 10.1. The van der Waals surface area contributed by atoms with Crippen LogP contribution in [0.2, 0.25) is 0 Å². The van der Waals surface area contributed by atoms with Crippen LogP contribution in [0.5, 0.6) is 0 Å². The van der Waals surface area contributed by atoms with Gasteiger partial charge in [-0.15, -0.1) is 0 Å². The molecular formula is C23H27F2N5O5. The molecule has 0 aliphatic carbocycles. The number of rotatable bonds is 8. The Kier molecular flexibility index (Phi) is 8.39. The maximum Gasteiger partial charge on any atom is 0.319 e. The molecule has 1 saturated heterocycles. The average molecular weight is 491 g/mol. The Morgan fingerprint density at radius 1 is 1.17 bits per heavy atom. The topological polar surface area (TPSA) is 122 Å². The Labute approximate surface area is 200 Å². The first-order chi connectivity index (χ1) is 16.7. The highest BCUT2D eigenvalue weighted by atomic mass is 19.1. The van der Waals surface area contributed by atoms with Gasteiger partial charge in [0.25, 0.3) is 5.91 Å². The van der Waals surface area contributed by atoms with E-state index >= 15 is 0 Å². The lowest BCUT2D eigenvalue weighted by molar-refractivity contribution is -0.140. The maximum absolute atomic E-state index is 13.9. The minimum atomic E-state index is -1.04. The van der Waals surface area contributed by atoms with Crippen molar-refractivity contribution in [3.05, 3.63) is 53.9 Å². The van der Waals surface area contributed by atoms with Gasteiger partial charge in [0.1, 0.15) is 23.4 Å². The van der Waals surface area contributed by atoms with E-state index in [4.69, 9.17) is 0 Å². The minimum absolute atomic E-state index is 0.112. The minimum Gasteiger partial charge on any atom is -0.469 e. The number of hydrogen-bond acceptors (Lipinski definition) is 5. The quantitative estimate of drug-likeness (QED) is 0.384. The molecule has 4 amide bonds. The highest BCUT2D eigenvalue weighted by molar-refractivity contribution is 5.98. The molecular weight excluding hydrogens is 464 g/mol. The van der Waals surface area contributed by atoms with Gasteiger partial charge in [0.05, 0.1) is 18.8 Å². The summed E-state index contributed by atoms with van der Waals surface area (Å²) in [5, 5.41) is 7.61. The van der Waals surface area contributed by atoms with Crippen LogP contribution in [0.15, 0.2) is 36.5 Å². The van der Waals surface area contributed by atoms with Crippen LogP contribution in [0, 0.1) is 11.6 Å². The number of amides is 4. The maximum atomic E-state index is 13.9. The predicted octanol–water partition coefficient (Wildman–Crippen LogP) is 1.78. The Hall–Kier alpha value is -3.96. The van der Waals surface area contributed by atoms with Crippen LogP contribution in [-0.2, 0) is 21.4 Å². The fourth-order valence-electron chi connectivity index (χ4n) is 3.89. The molecule has 0 bridgehead atoms. The van der Waals surface area contributed by atoms with Crippen molar-refractivity contribution in [2.24, 2.45) is 7.05 Å². The number of likely N-dealkylation sites (tertiary alicyclic amines) is 1. The SMILES string of the molecule is COC(=O)CCCNC(=O)C1C(NC(=O)Nc2ccc(F)cc2F)CCN1C(=O)c1cccn1C. The Morgan fingerprint density at radius 2 is 1.94 bits per heavy atom. The number of nitrogens with zero attached hydrogens (tertiary/aromatic N) is 2. The molecule has 12 heteroatoms. The summed E-state index contributed by atoms with van der Waals surface area (Å²) in [6, 6.07) is 3.41. The van der Waals surface area contributed by atoms with E-state index in [-0.39, 0.29) is 37.5 Å². The molecule has 2 atom stereocenters. The summed E-state index contributed by atoms with van der Waals surface area (Å²) in [5.41, 5.74) is 0.134. The molecule has 1 aromatic carbocycles. The highest BCUT2D eigenvalue weighted by Crippen LogP contribution is 2.22. The van der Waals surface area contributed by atoms with E-state index in [1.807, 2.05) is 0 Å². The number of ether oxygens (including phenoxy) is 1. The molecule has 3 N–H and O–H groups in total. The monoisotopic (exact) mass is 491 g/mol. The zero-order valence-electron chi connectivity index (χ0n) is 19.3. The molecule has 2 aromatic rings. The number of halogens is 2. The van der Waals surface area contributed by atoms with Gasteiger partial charge in [-0.2, -0.15) is 0 Å². The predicted molar refractivity (Wildman–Crippen MR) is 121 cm³/mol. The van der Waals surface area contributed by atoms with Crippen LogP contribution in [0.3, 0.4) is 0 Å². The highest BCUT2D eigenvalue weighted by Gasteiger charge is 2.43. The Morgan fingerprint density at radius 3 is 2.60 bits per heavy atom. The molecule has 1 aliphatic heterocycles. The summed E-state index contributed by atoms with van der Waals surface area (Å²) in [7, 11) is 2.97. The van der Waals surface area contributed by atoms with Gasteiger partial charge in [0, 0.05) is 38.8 Å². The number of benzene rings is 1. The molecule has 2 unspecified atom stereocenters. The fourth-order valence-corrected chi connectivity index (χ4v) is 3.89. The van der Waals surface area contributed by atoms with Gasteiger partial charge in [0.15, 0.2) is 0 Å². The number of carbonyl (C=O) groups excluding carboxylic acids is 4. The lowest BCUT2D eigenvalue weighted by Gasteiger charge is -2.28. The molecule has 2 heterocycles. The van der Waals surface area contributed by atoms with Gasteiger partial charge in [-0.05, 0) is 37.1 Å². The van der Waals surface area contributed by atoms with Gasteiger partial charge in [0.2, 0.25) is 5.91 Å². The summed E-state index contributed by atoms with van der Waals surface area (Å²) in [6.07, 6.45) is 2.42. The van der Waals surface area contributed by atoms with Crippen LogP contribution in [0.25, 0.3) is 0 Å². The van der Waals surface area contributed by atoms with Crippen molar-refractivity contribution in [2.45, 2.75) is 31.3 Å². The summed E-state index contributed by atoms with van der Waals surface area (Å²) >= 11 is 0. The van der Waals surface area contributed by atoms with E-state index in [1.54, 1.807) is 29.9 Å². The molecule has 3 rings (SSSR count). The summed E-state index contributed by atoms with van der Waals surface area (Å²) in [6.45, 7) is 0.358. The summed E-state index contributed by atoms with van der Waals surface area (Å²) in [4.78, 5) is 51.4. The third-order valence-electron chi connectivity index (χ3n) is 5.67. The average Bonchev–Trinajstić information content (AvgIpc) is 3.44. The zero-order valence-corrected chi connectivity index (χ0v) is 19.3. The largest absolute Gasteiger partial charge is 0.469 e. The molecule has 1 fully saturated rings. The van der Waals surface area contributed by atoms with E-state index < -0.39 is 41.6 Å². The first kappa shape index (κ1) is 25.7. The standard InChI is InChI=1S/C23H27F2N5O5/c1-29-11-4-5-18(29)22(33)30-12-9-17(20(30)21(32)26-10-3-6-19(31)35-2)28-23(34)27-16-8-7-14(24)13-15(16)25/h4-5,7-8,11,13,17,20H,3,6,9-10,12H2,1-2H3,(H,26,32)(H2,27,28,34). The summed E-state index contributed by atoms with van der Waals surface area (Å²) in [5.74, 6) is -3.05. The van der Waals surface area contributed by atoms with Crippen molar-refractivity contribution < 1.29 is 32.7 Å². The van der Waals surface area contributed by atoms with E-state index in [1.165, 1.54) is 12.0 Å². The molecule has 0 spiro atoms. The number of urea groups is 1. The molecule has 1 aromatic heterocycles. The van der Waals surface area contributed by atoms with Crippen molar-refractivity contribution in [3.8, 4) is 0 Å². The number of nitrogens with one attached hydrogen (secondary N) is 3. The van der Waals surface area contributed by atoms with Crippen LogP contribution >= 0.6 is 0 Å². The van der Waals surface area contributed by atoms with Crippen LogP contribution in [-0.4, -0.2) is 65.6 Å². The fraction of sp³-hybridized carbons (Fsp3) is 0.391. The van der Waals surface area contributed by atoms with Crippen molar-refractivity contribution in [1.82, 2.24) is 20.1 Å². The van der Waals surface area contributed by atoms with Crippen molar-refractivity contribution in [3.63, 3.8) is 0 Å². The molecule has 35 heavy (non-hydrogen) atoms. The Balaban J connectivity index is 1.72. The van der Waals surface area contributed by atoms with Crippen molar-refractivity contribution in [1.29, 1.82) is 0 Å². The number of hydrogen-bond donors (Lipinski definition) is 3. The molecule has 1 aliphatic rings. The first-order valence-electron chi connectivity index (χ1n) is 11.0. The molecule has 0 saturated carbocycles. The molecule has 0 radical (unpaired) electrons. The second-order valence-electron chi connectivity index (χ2n) is 8.04. The number of anilines is 1. The van der Waals surface area contributed by atoms with Gasteiger partial charge < -0.3 is 30.2 Å². The van der Waals surface area contributed by atoms with Crippen LogP contribution < -0.4 is 16.0 Å². The lowest BCUT2D eigenvalue weighted by Crippen LogP contribution is -2.55. The normalized spacial score (nSPS) is 17.1. The number of aryl methyl sites for hydroxylation is 1. The number of methoxy groups -OCH3 is 1. The van der Waals surface area contributed by atoms with Gasteiger partial charge >= 0.3 is 12.0 Å².